The van der Waals surface area contributed by atoms with Crippen LogP contribution in [0.15, 0.2) is 90.1 Å². The molecule has 8 heteroatoms. The van der Waals surface area contributed by atoms with Crippen molar-refractivity contribution in [1.82, 2.24) is 15.0 Å². The van der Waals surface area contributed by atoms with E-state index in [1.165, 1.54) is 0 Å². The van der Waals surface area contributed by atoms with Crippen LogP contribution in [0.5, 0.6) is 5.75 Å². The molecule has 0 bridgehead atoms. The number of amides is 1. The maximum atomic E-state index is 12.1. The van der Waals surface area contributed by atoms with Crippen LogP contribution in [0, 0.1) is 0 Å². The predicted molar refractivity (Wildman–Crippen MR) is 129 cm³/mol. The summed E-state index contributed by atoms with van der Waals surface area (Å²) in [5.41, 5.74) is 8.46. The van der Waals surface area contributed by atoms with Gasteiger partial charge in [0.2, 0.25) is 0 Å². The zero-order chi connectivity index (χ0) is 22.7. The first-order valence-corrected chi connectivity index (χ1v) is 11.3. The van der Waals surface area contributed by atoms with Crippen molar-refractivity contribution in [2.75, 3.05) is 11.1 Å². The van der Waals surface area contributed by atoms with E-state index in [0.717, 1.165) is 29.1 Å². The summed E-state index contributed by atoms with van der Waals surface area (Å²) in [7, 11) is 0. The van der Waals surface area contributed by atoms with Crippen molar-refractivity contribution in [3.8, 4) is 17.1 Å². The highest BCUT2D eigenvalue weighted by molar-refractivity contribution is 8.00. The number of para-hydroxylation sites is 1. The van der Waals surface area contributed by atoms with Gasteiger partial charge in [0.05, 0.1) is 15.5 Å². The highest BCUT2D eigenvalue weighted by Crippen LogP contribution is 2.58. The Bertz CT molecular complexity index is 1260. The number of nitrogens with zero attached hydrogens (tertiary/aromatic N) is 3. The molecule has 4 aromatic rings. The maximum Gasteiger partial charge on any atom is 0.417 e. The molecule has 0 atom stereocenters. The highest BCUT2D eigenvalue weighted by Gasteiger charge is 2.47. The molecule has 0 aliphatic heterocycles. The van der Waals surface area contributed by atoms with Gasteiger partial charge in [-0.2, -0.15) is 0 Å². The summed E-state index contributed by atoms with van der Waals surface area (Å²) in [5.74, 6) is 1.46. The van der Waals surface area contributed by atoms with Crippen LogP contribution in [0.2, 0.25) is 0 Å². The minimum Gasteiger partial charge on any atom is -0.410 e. The van der Waals surface area contributed by atoms with Crippen molar-refractivity contribution in [3.05, 3.63) is 90.8 Å². The SMILES string of the molecule is Nc1cc(C2(Sc3ccccn3)CC2)nc(-c2ccc(NC(=O)Oc3ccccc3)cc2)n1. The van der Waals surface area contributed by atoms with E-state index in [2.05, 4.69) is 15.3 Å². The topological polar surface area (TPSA) is 103 Å². The third-order valence-electron chi connectivity index (χ3n) is 5.20. The highest BCUT2D eigenvalue weighted by atomic mass is 32.2. The number of thioether (sulfide) groups is 1. The molecule has 1 saturated carbocycles. The Morgan fingerprint density at radius 2 is 1.73 bits per heavy atom. The van der Waals surface area contributed by atoms with Crippen LogP contribution >= 0.6 is 11.8 Å². The van der Waals surface area contributed by atoms with Gasteiger partial charge in [-0.1, -0.05) is 36.0 Å². The number of nitrogens with two attached hydrogens (primary N) is 1. The number of hydrogen-bond acceptors (Lipinski definition) is 7. The standard InChI is InChI=1S/C25H21N5O2S/c26-21-16-20(25(13-14-25)33-22-8-4-5-15-27-22)29-23(30-21)17-9-11-18(12-10-17)28-24(31)32-19-6-2-1-3-7-19/h1-12,15-16H,13-14H2,(H,28,31)(H2,26,29,30). The Balaban J connectivity index is 1.31. The number of anilines is 2. The largest absolute Gasteiger partial charge is 0.417 e. The smallest absolute Gasteiger partial charge is 0.410 e. The summed E-state index contributed by atoms with van der Waals surface area (Å²) in [5, 5.41) is 3.68. The molecule has 1 aliphatic rings. The van der Waals surface area contributed by atoms with E-state index >= 15 is 0 Å². The second-order valence-electron chi connectivity index (χ2n) is 7.67. The molecule has 2 aromatic carbocycles. The van der Waals surface area contributed by atoms with E-state index in [0.29, 0.717) is 23.1 Å². The number of ether oxygens (including phenoxy) is 1. The third-order valence-corrected chi connectivity index (χ3v) is 6.66. The van der Waals surface area contributed by atoms with Crippen LogP contribution in [0.1, 0.15) is 18.5 Å². The first kappa shape index (κ1) is 21.0. The lowest BCUT2D eigenvalue weighted by atomic mass is 10.1. The Morgan fingerprint density at radius 1 is 0.970 bits per heavy atom. The molecule has 0 unspecified atom stereocenters. The van der Waals surface area contributed by atoms with Gasteiger partial charge in [0.15, 0.2) is 5.82 Å². The number of nitrogen functional groups attached to an aromatic ring is 1. The number of carbonyl (C=O) groups is 1. The van der Waals surface area contributed by atoms with Crippen LogP contribution < -0.4 is 15.8 Å². The van der Waals surface area contributed by atoms with Crippen molar-refractivity contribution in [3.63, 3.8) is 0 Å². The molecular formula is C25H21N5O2S. The Kier molecular flexibility index (Phi) is 5.66. The van der Waals surface area contributed by atoms with Crippen molar-refractivity contribution in [2.24, 2.45) is 0 Å². The van der Waals surface area contributed by atoms with Crippen LogP contribution in [-0.2, 0) is 4.75 Å². The summed E-state index contributed by atoms with van der Waals surface area (Å²) in [6.07, 6.45) is 3.26. The van der Waals surface area contributed by atoms with Crippen molar-refractivity contribution in [1.29, 1.82) is 0 Å². The van der Waals surface area contributed by atoms with Gasteiger partial charge in [-0.25, -0.2) is 19.7 Å². The van der Waals surface area contributed by atoms with Crippen LogP contribution in [-0.4, -0.2) is 21.0 Å². The molecule has 0 radical (unpaired) electrons. The van der Waals surface area contributed by atoms with Gasteiger partial charge in [-0.3, -0.25) is 5.32 Å². The number of aromatic nitrogens is 3. The molecule has 2 heterocycles. The lowest BCUT2D eigenvalue weighted by molar-refractivity contribution is 0.215. The minimum atomic E-state index is -0.557. The molecule has 7 nitrogen and oxygen atoms in total. The zero-order valence-corrected chi connectivity index (χ0v) is 18.5. The molecule has 164 valence electrons. The molecule has 2 aromatic heterocycles. The zero-order valence-electron chi connectivity index (χ0n) is 17.6. The first-order chi connectivity index (χ1) is 16.1. The maximum absolute atomic E-state index is 12.1. The van der Waals surface area contributed by atoms with Gasteiger partial charge in [0, 0.05) is 23.5 Å². The van der Waals surface area contributed by atoms with E-state index in [1.54, 1.807) is 54.4 Å². The number of hydrogen-bond donors (Lipinski definition) is 2. The van der Waals surface area contributed by atoms with E-state index in [-0.39, 0.29) is 4.75 Å². The lowest BCUT2D eigenvalue weighted by Crippen LogP contribution is -2.16. The Hall–Kier alpha value is -3.91. The summed E-state index contributed by atoms with van der Waals surface area (Å²) in [6, 6.07) is 23.9. The van der Waals surface area contributed by atoms with Gasteiger partial charge in [0.25, 0.3) is 0 Å². The number of rotatable bonds is 6. The van der Waals surface area contributed by atoms with E-state index in [1.807, 2.05) is 42.5 Å². The third kappa shape index (κ3) is 4.96. The summed E-state index contributed by atoms with van der Waals surface area (Å²) in [4.78, 5) is 25.8. The summed E-state index contributed by atoms with van der Waals surface area (Å²) in [6.45, 7) is 0. The number of nitrogens with one attached hydrogen (secondary N) is 1. The number of benzene rings is 2. The molecule has 0 saturated heterocycles. The van der Waals surface area contributed by atoms with Gasteiger partial charge in [-0.05, 0) is 61.4 Å². The normalized spacial score (nSPS) is 13.8. The molecule has 3 N–H and O–H groups in total. The minimum absolute atomic E-state index is 0.122. The molecule has 33 heavy (non-hydrogen) atoms. The summed E-state index contributed by atoms with van der Waals surface area (Å²) < 4.78 is 5.14. The monoisotopic (exact) mass is 455 g/mol. The van der Waals surface area contributed by atoms with E-state index < -0.39 is 6.09 Å². The van der Waals surface area contributed by atoms with Crippen LogP contribution in [0.25, 0.3) is 11.4 Å². The molecule has 0 spiro atoms. The van der Waals surface area contributed by atoms with Gasteiger partial charge in [0.1, 0.15) is 11.6 Å². The Labute approximate surface area is 195 Å². The molecule has 1 fully saturated rings. The number of pyridine rings is 1. The van der Waals surface area contributed by atoms with Crippen molar-refractivity contribution >= 4 is 29.4 Å². The van der Waals surface area contributed by atoms with Crippen LogP contribution in [0.4, 0.5) is 16.3 Å². The fourth-order valence-corrected chi connectivity index (χ4v) is 4.58. The van der Waals surface area contributed by atoms with E-state index in [9.17, 15) is 4.79 Å². The second kappa shape index (κ2) is 8.91. The van der Waals surface area contributed by atoms with Gasteiger partial charge >= 0.3 is 6.09 Å². The molecule has 1 aliphatic carbocycles. The van der Waals surface area contributed by atoms with Gasteiger partial charge in [-0.15, -0.1) is 0 Å². The molecule has 5 rings (SSSR count). The van der Waals surface area contributed by atoms with Gasteiger partial charge < -0.3 is 10.5 Å². The average molecular weight is 456 g/mol. The lowest BCUT2D eigenvalue weighted by Gasteiger charge is -2.15. The quantitative estimate of drug-likeness (QED) is 0.395. The van der Waals surface area contributed by atoms with Crippen molar-refractivity contribution in [2.45, 2.75) is 22.6 Å². The predicted octanol–water partition coefficient (Wildman–Crippen LogP) is 5.51. The molecule has 1 amide bonds. The second-order valence-corrected chi connectivity index (χ2v) is 9.07. The average Bonchev–Trinajstić information content (AvgIpc) is 3.61. The number of carbonyl (C=O) groups excluding carboxylic acids is 1. The summed E-state index contributed by atoms with van der Waals surface area (Å²) >= 11 is 1.71. The van der Waals surface area contributed by atoms with Crippen LogP contribution in [0.3, 0.4) is 0 Å². The van der Waals surface area contributed by atoms with E-state index in [4.69, 9.17) is 15.5 Å². The first-order valence-electron chi connectivity index (χ1n) is 10.5. The molecular weight excluding hydrogens is 434 g/mol. The fraction of sp³-hybridized carbons (Fsp3) is 0.120. The Morgan fingerprint density at radius 3 is 2.42 bits per heavy atom. The van der Waals surface area contributed by atoms with Crippen molar-refractivity contribution < 1.29 is 9.53 Å². The fourth-order valence-electron chi connectivity index (χ4n) is 3.40.